The van der Waals surface area contributed by atoms with Crippen LogP contribution in [0.15, 0.2) is 78.3 Å². The van der Waals surface area contributed by atoms with Gasteiger partial charge in [0.1, 0.15) is 12.4 Å². The van der Waals surface area contributed by atoms with Crippen molar-refractivity contribution in [2.24, 2.45) is 10.7 Å². The van der Waals surface area contributed by atoms with E-state index in [1.807, 2.05) is 49.7 Å². The quantitative estimate of drug-likeness (QED) is 0.341. The van der Waals surface area contributed by atoms with Gasteiger partial charge in [0.15, 0.2) is 0 Å². The molecule has 3 aromatic carbocycles. The molecule has 4 aromatic rings. The molecule has 0 aliphatic carbocycles. The van der Waals surface area contributed by atoms with Gasteiger partial charge in [-0.3, -0.25) is 14.5 Å². The van der Waals surface area contributed by atoms with Gasteiger partial charge in [0.05, 0.1) is 29.2 Å². The van der Waals surface area contributed by atoms with E-state index in [0.29, 0.717) is 16.9 Å². The van der Waals surface area contributed by atoms with Gasteiger partial charge in [-0.15, -0.1) is 0 Å². The fraction of sp³-hybridized carbons (Fsp3) is 0.138. The molecule has 0 radical (unpaired) electrons. The van der Waals surface area contributed by atoms with Crippen molar-refractivity contribution >= 4 is 50.8 Å². The van der Waals surface area contributed by atoms with Gasteiger partial charge in [-0.1, -0.05) is 24.3 Å². The number of quaternary nitrogens is 1. The first kappa shape index (κ1) is 22.8. The molecule has 1 unspecified atom stereocenters. The van der Waals surface area contributed by atoms with Gasteiger partial charge in [0, 0.05) is 28.0 Å². The lowest BCUT2D eigenvalue weighted by molar-refractivity contribution is -0.678. The van der Waals surface area contributed by atoms with Crippen LogP contribution in [-0.2, 0) is 4.79 Å². The Morgan fingerprint density at radius 2 is 1.95 bits per heavy atom. The smallest absolute Gasteiger partial charge is 0.338 e. The highest BCUT2D eigenvalue weighted by molar-refractivity contribution is 6.41. The van der Waals surface area contributed by atoms with E-state index >= 15 is 0 Å². The molecule has 0 fully saturated rings. The second kappa shape index (κ2) is 8.46. The Kier molecular flexibility index (Phi) is 5.20. The second-order valence-electron chi connectivity index (χ2n) is 9.65. The number of nitrogens with zero attached hydrogens (tertiary/aromatic N) is 2. The van der Waals surface area contributed by atoms with Crippen molar-refractivity contribution in [2.45, 2.75) is 26.8 Å². The molecule has 0 spiro atoms. The number of carbonyl (C=O) groups excluding carboxylic acids is 2. The van der Waals surface area contributed by atoms with E-state index in [4.69, 9.17) is 5.73 Å². The lowest BCUT2D eigenvalue weighted by atomic mass is 9.93. The number of amidine groups is 1. The van der Waals surface area contributed by atoms with Crippen molar-refractivity contribution in [3.05, 3.63) is 84.5 Å². The molecule has 1 aromatic heterocycles. The van der Waals surface area contributed by atoms with Crippen molar-refractivity contribution in [3.8, 4) is 11.1 Å². The standard InChI is InChI=1S/C29H26N6O2/c1-16(2)32-18-7-8-21-23(15-18)33-26-22(27(30)36)10-9-20(25(21)26)19-5-4-6-24(17(19)3)35-14-13-34-12-11-31-28(34)29(35)37/h4-16,32-33H,1-3H3,(H2,30,36)/p+1. The maximum absolute atomic E-state index is 13.2. The molecular weight excluding hydrogens is 464 g/mol. The Labute approximate surface area is 213 Å². The van der Waals surface area contributed by atoms with Crippen LogP contribution in [0.4, 0.5) is 11.4 Å². The number of amides is 2. The fourth-order valence-electron chi connectivity index (χ4n) is 5.23. The summed E-state index contributed by atoms with van der Waals surface area (Å²) in [6.07, 6.45) is 7.17. The summed E-state index contributed by atoms with van der Waals surface area (Å²) in [5.74, 6) is -0.201. The average molecular weight is 492 g/mol. The first-order chi connectivity index (χ1) is 17.8. The zero-order valence-corrected chi connectivity index (χ0v) is 20.8. The number of rotatable bonds is 5. The van der Waals surface area contributed by atoms with Crippen molar-refractivity contribution in [1.82, 2.24) is 4.98 Å². The molecule has 0 saturated carbocycles. The molecule has 0 bridgehead atoms. The molecule has 5 N–H and O–H groups in total. The predicted octanol–water partition coefficient (Wildman–Crippen LogP) is 3.80. The van der Waals surface area contributed by atoms with Crippen LogP contribution < -0.4 is 20.9 Å². The lowest BCUT2D eigenvalue weighted by Gasteiger charge is -2.25. The first-order valence-corrected chi connectivity index (χ1v) is 12.2. The number of anilines is 2. The Hall–Kier alpha value is -4.69. The summed E-state index contributed by atoms with van der Waals surface area (Å²) in [4.78, 5) is 35.7. The minimum atomic E-state index is -0.490. The molecule has 37 heavy (non-hydrogen) atoms. The van der Waals surface area contributed by atoms with E-state index in [9.17, 15) is 9.59 Å². The number of nitrogens with two attached hydrogens (primary N) is 1. The number of aliphatic imine (C=N–C) groups is 1. The Morgan fingerprint density at radius 1 is 1.11 bits per heavy atom. The molecule has 8 nitrogen and oxygen atoms in total. The first-order valence-electron chi connectivity index (χ1n) is 12.2. The van der Waals surface area contributed by atoms with Crippen LogP contribution in [0.2, 0.25) is 0 Å². The third-order valence-corrected chi connectivity index (χ3v) is 6.89. The molecular formula is C29H27N6O2+. The number of hydrogen-bond donors (Lipinski definition) is 4. The van der Waals surface area contributed by atoms with Crippen molar-refractivity contribution < 1.29 is 14.5 Å². The van der Waals surface area contributed by atoms with Gasteiger partial charge in [-0.2, -0.15) is 4.99 Å². The van der Waals surface area contributed by atoms with Crippen LogP contribution in [0, 0.1) is 6.92 Å². The minimum absolute atomic E-state index is 0.158. The summed E-state index contributed by atoms with van der Waals surface area (Å²) in [6.45, 7) is 6.18. The minimum Gasteiger partial charge on any atom is -0.383 e. The number of carbonyl (C=O) groups is 2. The molecule has 2 amide bonds. The second-order valence-corrected chi connectivity index (χ2v) is 9.65. The number of primary amides is 1. The van der Waals surface area contributed by atoms with Gasteiger partial charge in [-0.25, -0.2) is 4.90 Å². The summed E-state index contributed by atoms with van der Waals surface area (Å²) < 4.78 is 0. The third kappa shape index (κ3) is 3.61. The highest BCUT2D eigenvalue weighted by Gasteiger charge is 2.35. The van der Waals surface area contributed by atoms with Gasteiger partial charge in [-0.05, 0) is 61.7 Å². The molecule has 0 saturated heterocycles. The summed E-state index contributed by atoms with van der Waals surface area (Å²) in [5.41, 5.74) is 12.4. The molecule has 3 heterocycles. The van der Waals surface area contributed by atoms with Crippen molar-refractivity contribution in [2.75, 3.05) is 10.2 Å². The molecule has 184 valence electrons. The molecule has 1 atom stereocenters. The number of aromatic nitrogens is 1. The molecule has 2 aliphatic heterocycles. The SMILES string of the molecule is Cc1c(-c2ccc(C(N)=O)c3[nH]c4cc(NC(C)C)ccc4c23)cccc1N1C=C[NH+]2C=CN=C2C1=O. The van der Waals surface area contributed by atoms with Crippen molar-refractivity contribution in [1.29, 1.82) is 0 Å². The zero-order chi connectivity index (χ0) is 25.8. The monoisotopic (exact) mass is 491 g/mol. The largest absolute Gasteiger partial charge is 0.383 e. The summed E-state index contributed by atoms with van der Waals surface area (Å²) >= 11 is 0. The maximum atomic E-state index is 13.2. The van der Waals surface area contributed by atoms with Gasteiger partial charge >= 0.3 is 11.7 Å². The van der Waals surface area contributed by atoms with Crippen LogP contribution in [0.1, 0.15) is 29.8 Å². The van der Waals surface area contributed by atoms with E-state index in [0.717, 1.165) is 49.3 Å². The van der Waals surface area contributed by atoms with Crippen LogP contribution in [0.5, 0.6) is 0 Å². The number of nitrogens with one attached hydrogen (secondary N) is 3. The zero-order valence-electron chi connectivity index (χ0n) is 20.8. The lowest BCUT2D eigenvalue weighted by Crippen LogP contribution is -3.07. The molecule has 8 heteroatoms. The van der Waals surface area contributed by atoms with E-state index < -0.39 is 5.91 Å². The van der Waals surface area contributed by atoms with E-state index in [1.54, 1.807) is 23.4 Å². The van der Waals surface area contributed by atoms with Crippen LogP contribution in [-0.4, -0.2) is 28.7 Å². The van der Waals surface area contributed by atoms with E-state index in [-0.39, 0.29) is 11.9 Å². The van der Waals surface area contributed by atoms with Gasteiger partial charge in [0.2, 0.25) is 0 Å². The Balaban J connectivity index is 1.55. The molecule has 2 aliphatic rings. The third-order valence-electron chi connectivity index (χ3n) is 6.89. The topological polar surface area (TPSA) is 108 Å². The van der Waals surface area contributed by atoms with Crippen LogP contribution >= 0.6 is 0 Å². The van der Waals surface area contributed by atoms with Crippen LogP contribution in [0.3, 0.4) is 0 Å². The summed E-state index contributed by atoms with van der Waals surface area (Å²) in [6, 6.07) is 16.1. The Bertz CT molecular complexity index is 1710. The molecule has 6 rings (SSSR count). The highest BCUT2D eigenvalue weighted by Crippen LogP contribution is 2.40. The number of benzene rings is 3. The fourth-order valence-corrected chi connectivity index (χ4v) is 5.23. The van der Waals surface area contributed by atoms with Crippen LogP contribution in [0.25, 0.3) is 32.9 Å². The van der Waals surface area contributed by atoms with Gasteiger partial charge < -0.3 is 16.0 Å². The summed E-state index contributed by atoms with van der Waals surface area (Å²) in [7, 11) is 0. The van der Waals surface area contributed by atoms with Crippen molar-refractivity contribution in [3.63, 3.8) is 0 Å². The highest BCUT2D eigenvalue weighted by atomic mass is 16.2. The number of aromatic amines is 1. The predicted molar refractivity (Wildman–Crippen MR) is 147 cm³/mol. The van der Waals surface area contributed by atoms with E-state index in [2.05, 4.69) is 41.3 Å². The summed E-state index contributed by atoms with van der Waals surface area (Å²) in [5, 5.41) is 5.34. The van der Waals surface area contributed by atoms with E-state index in [1.165, 1.54) is 0 Å². The number of hydrogen-bond acceptors (Lipinski definition) is 4. The Morgan fingerprint density at radius 3 is 2.73 bits per heavy atom. The maximum Gasteiger partial charge on any atom is 0.338 e. The average Bonchev–Trinajstić information content (AvgIpc) is 3.49. The number of H-pyrrole nitrogens is 1. The van der Waals surface area contributed by atoms with Gasteiger partial charge in [0.25, 0.3) is 5.91 Å². The normalized spacial score (nSPS) is 16.6. The number of fused-ring (bicyclic) bond motifs is 4.